The number of ether oxygens (including phenoxy) is 1. The van der Waals surface area contributed by atoms with Gasteiger partial charge in [-0.2, -0.15) is 0 Å². The van der Waals surface area contributed by atoms with Crippen LogP contribution in [0.4, 0.5) is 0 Å². The molecule has 0 bridgehead atoms. The second-order valence-electron chi connectivity index (χ2n) is 5.29. The largest absolute Gasteiger partial charge is 0.472 e. The van der Waals surface area contributed by atoms with E-state index in [4.69, 9.17) is 6.11 Å². The minimum atomic E-state index is 0.166. The molecule has 1 unspecified atom stereocenters. The predicted molar refractivity (Wildman–Crippen MR) is 78.9 cm³/mol. The molecule has 0 amide bonds. The van der Waals surface area contributed by atoms with E-state index in [1.807, 2.05) is 45.6 Å². The molecule has 0 saturated heterocycles. The van der Waals surface area contributed by atoms with Gasteiger partial charge in [0, 0.05) is 6.07 Å². The number of aromatic nitrogens is 4. The Kier molecular flexibility index (Phi) is 2.53. The third kappa shape index (κ3) is 2.11. The summed E-state index contributed by atoms with van der Waals surface area (Å²) in [4.78, 5) is 4.10. The molecule has 3 aromatic rings. The number of hydrogen-bond acceptors (Lipinski definition) is 3. The van der Waals surface area contributed by atoms with Gasteiger partial charge in [-0.3, -0.25) is 4.68 Å². The molecule has 3 heterocycles. The second kappa shape index (κ2) is 4.77. The fraction of sp³-hybridized carbons (Fsp3) is 0.250. The summed E-state index contributed by atoms with van der Waals surface area (Å²) >= 11 is 0. The van der Waals surface area contributed by atoms with Crippen LogP contribution in [-0.4, -0.2) is 19.3 Å². The zero-order chi connectivity index (χ0) is 15.1. The van der Waals surface area contributed by atoms with Crippen molar-refractivity contribution in [1.82, 2.24) is 19.3 Å². The minimum Gasteiger partial charge on any atom is -0.472 e. The van der Waals surface area contributed by atoms with Crippen molar-refractivity contribution in [2.24, 2.45) is 0 Å². The fourth-order valence-electron chi connectivity index (χ4n) is 2.67. The molecule has 0 saturated carbocycles. The number of rotatable bonds is 3. The molecule has 1 atom stereocenters. The average Bonchev–Trinajstić information content (AvgIpc) is 3.10. The number of nitrogens with zero attached hydrogens (tertiary/aromatic N) is 4. The fourth-order valence-corrected chi connectivity index (χ4v) is 2.67. The van der Waals surface area contributed by atoms with E-state index in [1.54, 1.807) is 6.20 Å². The third-order valence-electron chi connectivity index (χ3n) is 3.74. The first kappa shape index (κ1) is 11.1. The molecule has 0 fully saturated rings. The first-order chi connectivity index (χ1) is 10.7. The molecule has 1 aliphatic heterocycles. The lowest BCUT2D eigenvalue weighted by Crippen LogP contribution is -2.20. The average molecular weight is 281 g/mol. The smallest absolute Gasteiger partial charge is 0.233 e. The SMILES string of the molecule is [2H]c1ncc2n1C(C)Cn1nc(OCc3ccccc3)cc1-2. The molecule has 4 rings (SSSR count). The van der Waals surface area contributed by atoms with Crippen LogP contribution in [0.2, 0.25) is 0 Å². The zero-order valence-electron chi connectivity index (χ0n) is 12.7. The molecule has 21 heavy (non-hydrogen) atoms. The molecule has 2 aromatic heterocycles. The molecular formula is C16H16N4O. The maximum Gasteiger partial charge on any atom is 0.233 e. The highest BCUT2D eigenvalue weighted by atomic mass is 16.5. The van der Waals surface area contributed by atoms with Crippen molar-refractivity contribution in [3.8, 4) is 17.3 Å². The second-order valence-corrected chi connectivity index (χ2v) is 5.29. The summed E-state index contributed by atoms with van der Waals surface area (Å²) in [5.41, 5.74) is 2.98. The Morgan fingerprint density at radius 3 is 3.05 bits per heavy atom. The van der Waals surface area contributed by atoms with Gasteiger partial charge in [-0.25, -0.2) is 4.98 Å². The molecule has 0 radical (unpaired) electrons. The molecule has 5 nitrogen and oxygen atoms in total. The van der Waals surface area contributed by atoms with Gasteiger partial charge in [-0.1, -0.05) is 30.3 Å². The summed E-state index contributed by atoms with van der Waals surface area (Å²) in [5, 5.41) is 4.52. The van der Waals surface area contributed by atoms with Crippen molar-refractivity contribution in [3.63, 3.8) is 0 Å². The molecule has 106 valence electrons. The van der Waals surface area contributed by atoms with Gasteiger partial charge in [0.05, 0.1) is 36.5 Å². The summed E-state index contributed by atoms with van der Waals surface area (Å²) < 4.78 is 17.5. The van der Waals surface area contributed by atoms with E-state index in [-0.39, 0.29) is 6.04 Å². The maximum atomic E-state index is 7.89. The van der Waals surface area contributed by atoms with E-state index in [9.17, 15) is 0 Å². The number of fused-ring (bicyclic) bond motifs is 3. The third-order valence-corrected chi connectivity index (χ3v) is 3.74. The lowest BCUT2D eigenvalue weighted by Gasteiger charge is -2.22. The summed E-state index contributed by atoms with van der Waals surface area (Å²) in [6, 6.07) is 12.1. The molecule has 5 heteroatoms. The van der Waals surface area contributed by atoms with E-state index >= 15 is 0 Å². The van der Waals surface area contributed by atoms with Crippen molar-refractivity contribution in [3.05, 3.63) is 54.5 Å². The van der Waals surface area contributed by atoms with E-state index in [2.05, 4.69) is 17.0 Å². The minimum absolute atomic E-state index is 0.166. The van der Waals surface area contributed by atoms with Crippen LogP contribution in [0.5, 0.6) is 5.88 Å². The van der Waals surface area contributed by atoms with Gasteiger partial charge in [0.25, 0.3) is 0 Å². The molecule has 1 aliphatic rings. The topological polar surface area (TPSA) is 44.9 Å². The summed E-state index contributed by atoms with van der Waals surface area (Å²) in [6.45, 7) is 3.29. The van der Waals surface area contributed by atoms with Crippen LogP contribution >= 0.6 is 0 Å². The Hall–Kier alpha value is -2.56. The van der Waals surface area contributed by atoms with Crippen LogP contribution in [0.3, 0.4) is 0 Å². The normalized spacial score (nSPS) is 17.0. The summed E-state index contributed by atoms with van der Waals surface area (Å²) in [5.74, 6) is 0.604. The highest BCUT2D eigenvalue weighted by Gasteiger charge is 2.23. The van der Waals surface area contributed by atoms with Crippen LogP contribution in [0.25, 0.3) is 11.4 Å². The lowest BCUT2D eigenvalue weighted by molar-refractivity contribution is 0.287. The van der Waals surface area contributed by atoms with Gasteiger partial charge in [-0.15, -0.1) is 5.10 Å². The first-order valence-corrected chi connectivity index (χ1v) is 7.01. The number of imidazole rings is 1. The molecule has 1 aromatic carbocycles. The monoisotopic (exact) mass is 281 g/mol. The van der Waals surface area contributed by atoms with Gasteiger partial charge in [0.15, 0.2) is 0 Å². The van der Waals surface area contributed by atoms with Crippen molar-refractivity contribution < 1.29 is 6.11 Å². The standard InChI is InChI=1S/C16H16N4O/c1-12-9-20-14(15-8-17-11-19(12)15)7-16(18-20)21-10-13-5-3-2-4-6-13/h2-8,11-12H,9-10H2,1H3/i11D. The Balaban J connectivity index is 1.61. The molecule has 0 spiro atoms. The zero-order valence-corrected chi connectivity index (χ0v) is 11.7. The predicted octanol–water partition coefficient (Wildman–Crippen LogP) is 2.90. The van der Waals surface area contributed by atoms with Crippen LogP contribution < -0.4 is 4.74 Å². The van der Waals surface area contributed by atoms with Gasteiger partial charge in [-0.05, 0) is 12.5 Å². The lowest BCUT2D eigenvalue weighted by atomic mass is 10.2. The van der Waals surface area contributed by atoms with Crippen LogP contribution in [0.15, 0.2) is 48.9 Å². The van der Waals surface area contributed by atoms with Crippen molar-refractivity contribution in [1.29, 1.82) is 0 Å². The van der Waals surface area contributed by atoms with Gasteiger partial charge >= 0.3 is 0 Å². The van der Waals surface area contributed by atoms with E-state index in [0.29, 0.717) is 18.8 Å². The van der Waals surface area contributed by atoms with Crippen molar-refractivity contribution in [2.75, 3.05) is 0 Å². The van der Waals surface area contributed by atoms with Gasteiger partial charge < -0.3 is 9.30 Å². The quantitative estimate of drug-likeness (QED) is 0.741. The van der Waals surface area contributed by atoms with E-state index in [0.717, 1.165) is 23.5 Å². The van der Waals surface area contributed by atoms with E-state index < -0.39 is 0 Å². The van der Waals surface area contributed by atoms with Crippen molar-refractivity contribution >= 4 is 0 Å². The van der Waals surface area contributed by atoms with Crippen LogP contribution in [0, 0.1) is 0 Å². The van der Waals surface area contributed by atoms with E-state index in [1.165, 1.54) is 0 Å². The highest BCUT2D eigenvalue weighted by molar-refractivity contribution is 5.57. The Morgan fingerprint density at radius 2 is 2.19 bits per heavy atom. The Morgan fingerprint density at radius 1 is 1.33 bits per heavy atom. The number of benzene rings is 1. The molecular weight excluding hydrogens is 264 g/mol. The first-order valence-electron chi connectivity index (χ1n) is 7.51. The summed E-state index contributed by atoms with van der Waals surface area (Å²) in [7, 11) is 0. The molecule has 0 aliphatic carbocycles. The Labute approximate surface area is 124 Å². The Bertz CT molecular complexity index is 809. The van der Waals surface area contributed by atoms with Crippen molar-refractivity contribution in [2.45, 2.75) is 26.1 Å². The van der Waals surface area contributed by atoms with Crippen LogP contribution in [-0.2, 0) is 13.2 Å². The maximum absolute atomic E-state index is 7.89. The van der Waals surface area contributed by atoms with Gasteiger partial charge in [0.1, 0.15) is 7.98 Å². The highest BCUT2D eigenvalue weighted by Crippen LogP contribution is 2.31. The number of hydrogen-bond donors (Lipinski definition) is 0. The summed E-state index contributed by atoms with van der Waals surface area (Å²) in [6.07, 6.45) is 2.02. The van der Waals surface area contributed by atoms with Gasteiger partial charge in [0.2, 0.25) is 5.88 Å². The molecule has 0 N–H and O–H groups in total. The van der Waals surface area contributed by atoms with Crippen LogP contribution in [0.1, 0.15) is 19.9 Å².